The van der Waals surface area contributed by atoms with Crippen LogP contribution in [0.2, 0.25) is 5.02 Å². The third kappa shape index (κ3) is 5.56. The summed E-state index contributed by atoms with van der Waals surface area (Å²) in [5.41, 5.74) is 0.428. The van der Waals surface area contributed by atoms with Crippen LogP contribution in [0, 0.1) is 17.7 Å². The Morgan fingerprint density at radius 3 is 2.62 bits per heavy atom. The summed E-state index contributed by atoms with van der Waals surface area (Å²) in [5, 5.41) is 0.388. The predicted octanol–water partition coefficient (Wildman–Crippen LogP) is 4.75. The highest BCUT2D eigenvalue weighted by molar-refractivity contribution is 6.31. The topological polar surface area (TPSA) is 38.1 Å². The largest absolute Gasteiger partial charge is 0.335 e. The van der Waals surface area contributed by atoms with Crippen molar-refractivity contribution in [3.05, 3.63) is 52.8 Å². The van der Waals surface area contributed by atoms with Crippen LogP contribution in [0.15, 0.2) is 30.6 Å². The van der Waals surface area contributed by atoms with Crippen molar-refractivity contribution >= 4 is 17.5 Å². The minimum Gasteiger partial charge on any atom is -0.335 e. The monoisotopic (exact) mass is 379 g/mol. The van der Waals surface area contributed by atoms with Crippen LogP contribution in [-0.4, -0.2) is 26.9 Å². The zero-order valence-corrected chi connectivity index (χ0v) is 16.6. The molecule has 0 atom stereocenters. The summed E-state index contributed by atoms with van der Waals surface area (Å²) in [6.45, 7) is 9.60. The lowest BCUT2D eigenvalue weighted by molar-refractivity contribution is -0.133. The number of hydrogen-bond donors (Lipinski definition) is 0. The van der Waals surface area contributed by atoms with Crippen molar-refractivity contribution in [3.8, 4) is 0 Å². The Morgan fingerprint density at radius 1 is 1.27 bits per heavy atom. The molecule has 0 saturated heterocycles. The minimum atomic E-state index is -0.341. The van der Waals surface area contributed by atoms with Gasteiger partial charge in [0.15, 0.2) is 0 Å². The van der Waals surface area contributed by atoms with Crippen molar-refractivity contribution in [2.45, 2.75) is 47.2 Å². The Kier molecular flexibility index (Phi) is 7.21. The van der Waals surface area contributed by atoms with Crippen molar-refractivity contribution < 1.29 is 9.18 Å². The molecule has 26 heavy (non-hydrogen) atoms. The van der Waals surface area contributed by atoms with Gasteiger partial charge in [-0.1, -0.05) is 45.4 Å². The fraction of sp³-hybridized carbons (Fsp3) is 0.500. The quantitative estimate of drug-likeness (QED) is 0.663. The van der Waals surface area contributed by atoms with E-state index in [0.717, 1.165) is 5.82 Å². The first-order chi connectivity index (χ1) is 12.3. The van der Waals surface area contributed by atoms with Gasteiger partial charge in [-0.15, -0.1) is 0 Å². The van der Waals surface area contributed by atoms with Crippen LogP contribution < -0.4 is 0 Å². The number of hydrogen-bond acceptors (Lipinski definition) is 2. The van der Waals surface area contributed by atoms with Crippen LogP contribution in [0.4, 0.5) is 4.39 Å². The third-order valence-electron chi connectivity index (χ3n) is 4.05. The molecule has 0 bridgehead atoms. The molecule has 2 aromatic rings. The summed E-state index contributed by atoms with van der Waals surface area (Å²) in [6, 6.07) is 4.66. The summed E-state index contributed by atoms with van der Waals surface area (Å²) < 4.78 is 15.9. The smallest absolute Gasteiger partial charge is 0.223 e. The van der Waals surface area contributed by atoms with Gasteiger partial charge in [-0.3, -0.25) is 4.79 Å². The highest BCUT2D eigenvalue weighted by atomic mass is 35.5. The Morgan fingerprint density at radius 2 is 2.00 bits per heavy atom. The van der Waals surface area contributed by atoms with Gasteiger partial charge in [0.25, 0.3) is 0 Å². The number of benzene rings is 1. The normalized spacial score (nSPS) is 11.4. The lowest BCUT2D eigenvalue weighted by Gasteiger charge is -2.25. The average Bonchev–Trinajstić information content (AvgIpc) is 2.96. The van der Waals surface area contributed by atoms with Crippen LogP contribution in [0.3, 0.4) is 0 Å². The van der Waals surface area contributed by atoms with Gasteiger partial charge in [0.2, 0.25) is 5.91 Å². The molecular weight excluding hydrogens is 353 g/mol. The van der Waals surface area contributed by atoms with E-state index in [1.165, 1.54) is 6.07 Å². The van der Waals surface area contributed by atoms with Crippen molar-refractivity contribution in [3.63, 3.8) is 0 Å². The molecule has 0 unspecified atom stereocenters. The number of carbonyl (C=O) groups is 1. The van der Waals surface area contributed by atoms with Crippen LogP contribution in [0.25, 0.3) is 0 Å². The van der Waals surface area contributed by atoms with Gasteiger partial charge in [0, 0.05) is 35.9 Å². The van der Waals surface area contributed by atoms with E-state index in [1.54, 1.807) is 24.5 Å². The lowest BCUT2D eigenvalue weighted by atomic mass is 10.1. The molecule has 1 aromatic carbocycles. The molecule has 6 heteroatoms. The fourth-order valence-electron chi connectivity index (χ4n) is 2.83. The number of carbonyl (C=O) groups excluding carboxylic acids is 1. The van der Waals surface area contributed by atoms with Gasteiger partial charge < -0.3 is 9.47 Å². The number of rotatable bonds is 8. The van der Waals surface area contributed by atoms with E-state index in [4.69, 9.17) is 11.6 Å². The maximum Gasteiger partial charge on any atom is 0.223 e. The van der Waals surface area contributed by atoms with Crippen LogP contribution >= 0.6 is 11.6 Å². The summed E-state index contributed by atoms with van der Waals surface area (Å²) >= 11 is 6.14. The van der Waals surface area contributed by atoms with E-state index in [0.29, 0.717) is 41.9 Å². The summed E-state index contributed by atoms with van der Waals surface area (Å²) in [5.74, 6) is 1.16. The third-order valence-corrected chi connectivity index (χ3v) is 4.40. The molecule has 1 heterocycles. The first kappa shape index (κ1) is 20.4. The van der Waals surface area contributed by atoms with Gasteiger partial charge in [-0.05, 0) is 24.0 Å². The highest BCUT2D eigenvalue weighted by Gasteiger charge is 2.19. The van der Waals surface area contributed by atoms with Gasteiger partial charge in [0.1, 0.15) is 11.6 Å². The second kappa shape index (κ2) is 9.17. The van der Waals surface area contributed by atoms with Crippen LogP contribution in [0.1, 0.15) is 45.5 Å². The Bertz CT molecular complexity index is 722. The lowest BCUT2D eigenvalue weighted by Crippen LogP contribution is -2.35. The zero-order chi connectivity index (χ0) is 19.3. The predicted molar refractivity (Wildman–Crippen MR) is 102 cm³/mol. The maximum absolute atomic E-state index is 14.1. The van der Waals surface area contributed by atoms with E-state index < -0.39 is 0 Å². The molecule has 0 aliphatic heterocycles. The molecule has 0 fully saturated rings. The van der Waals surface area contributed by atoms with E-state index in [9.17, 15) is 9.18 Å². The van der Waals surface area contributed by atoms with E-state index >= 15 is 0 Å². The number of amides is 1. The molecular formula is C20H27ClFN3O. The van der Waals surface area contributed by atoms with Crippen LogP contribution in [0.5, 0.6) is 0 Å². The molecule has 4 nitrogen and oxygen atoms in total. The van der Waals surface area contributed by atoms with Gasteiger partial charge in [-0.2, -0.15) is 0 Å². The first-order valence-corrected chi connectivity index (χ1v) is 9.36. The van der Waals surface area contributed by atoms with Crippen LogP contribution in [-0.2, 0) is 17.9 Å². The Labute approximate surface area is 160 Å². The van der Waals surface area contributed by atoms with Crippen molar-refractivity contribution in [2.24, 2.45) is 11.8 Å². The molecule has 1 aromatic heterocycles. The fourth-order valence-corrected chi connectivity index (χ4v) is 3.06. The number of imidazole rings is 1. The van der Waals surface area contributed by atoms with E-state index in [-0.39, 0.29) is 18.3 Å². The SMILES string of the molecule is CC(C)CC(=O)N(Cc1nccn1Cc1c(F)cccc1Cl)CC(C)C. The highest BCUT2D eigenvalue weighted by Crippen LogP contribution is 2.21. The molecule has 142 valence electrons. The summed E-state index contributed by atoms with van der Waals surface area (Å²) in [4.78, 5) is 18.8. The molecule has 0 radical (unpaired) electrons. The summed E-state index contributed by atoms with van der Waals surface area (Å²) in [6.07, 6.45) is 3.97. The number of aromatic nitrogens is 2. The standard InChI is InChI=1S/C20H27ClFN3O/c1-14(2)10-20(26)25(11-15(3)4)13-19-23-8-9-24(19)12-16-17(21)6-5-7-18(16)22/h5-9,14-15H,10-13H2,1-4H3. The maximum atomic E-state index is 14.1. The van der Waals surface area contributed by atoms with Gasteiger partial charge >= 0.3 is 0 Å². The minimum absolute atomic E-state index is 0.118. The van der Waals surface area contributed by atoms with Gasteiger partial charge in [-0.25, -0.2) is 9.37 Å². The van der Waals surface area contributed by atoms with Crippen molar-refractivity contribution in [2.75, 3.05) is 6.54 Å². The number of halogens is 2. The molecule has 0 spiro atoms. The Hall–Kier alpha value is -1.88. The van der Waals surface area contributed by atoms with E-state index in [2.05, 4.69) is 18.8 Å². The number of nitrogens with zero attached hydrogens (tertiary/aromatic N) is 3. The van der Waals surface area contributed by atoms with E-state index in [1.807, 2.05) is 23.3 Å². The first-order valence-electron chi connectivity index (χ1n) is 8.98. The van der Waals surface area contributed by atoms with Crippen molar-refractivity contribution in [1.29, 1.82) is 0 Å². The molecule has 2 rings (SSSR count). The second-order valence-corrected chi connectivity index (χ2v) is 7.84. The van der Waals surface area contributed by atoms with Crippen molar-refractivity contribution in [1.82, 2.24) is 14.5 Å². The average molecular weight is 380 g/mol. The zero-order valence-electron chi connectivity index (χ0n) is 15.9. The molecule has 0 N–H and O–H groups in total. The second-order valence-electron chi connectivity index (χ2n) is 7.44. The Balaban J connectivity index is 2.20. The molecule has 1 amide bonds. The molecule has 0 aliphatic carbocycles. The van der Waals surface area contributed by atoms with Gasteiger partial charge in [0.05, 0.1) is 13.1 Å². The molecule has 0 saturated carbocycles. The molecule has 0 aliphatic rings. The summed E-state index contributed by atoms with van der Waals surface area (Å²) in [7, 11) is 0.